The van der Waals surface area contributed by atoms with Gasteiger partial charge in [0.25, 0.3) is 0 Å². The van der Waals surface area contributed by atoms with E-state index < -0.39 is 0 Å². The van der Waals surface area contributed by atoms with Gasteiger partial charge in [-0.3, -0.25) is 0 Å². The molecule has 48 heavy (non-hydrogen) atoms. The van der Waals surface area contributed by atoms with Gasteiger partial charge in [-0.05, 0) is 106 Å². The fraction of sp³-hybridized carbons (Fsp3) is 0.0435. The van der Waals surface area contributed by atoms with Gasteiger partial charge < -0.3 is 10.6 Å². The Kier molecular flexibility index (Phi) is 7.68. The molecule has 0 bridgehead atoms. The Bertz CT molecular complexity index is 2420. The SMILES string of the molecule is Cc1cccc(-c2c(Nc3ccc4ccccc4c3)ccc(-c3ccc(Nc4ccc5ccccc5c4)cc3)c2-c2cccc(C)c2)c1. The molecule has 8 aromatic carbocycles. The molecule has 8 rings (SSSR count). The fourth-order valence-corrected chi connectivity index (χ4v) is 6.74. The number of anilines is 4. The second kappa shape index (κ2) is 12.6. The molecule has 0 unspecified atom stereocenters. The average Bonchev–Trinajstić information content (AvgIpc) is 3.12. The lowest BCUT2D eigenvalue weighted by atomic mass is 9.85. The van der Waals surface area contributed by atoms with Crippen LogP contribution in [0, 0.1) is 13.8 Å². The molecule has 0 aliphatic heterocycles. The first-order valence-corrected chi connectivity index (χ1v) is 16.5. The van der Waals surface area contributed by atoms with Gasteiger partial charge in [-0.2, -0.15) is 0 Å². The molecule has 0 fully saturated rings. The second-order valence-electron chi connectivity index (χ2n) is 12.6. The molecule has 2 nitrogen and oxygen atoms in total. The highest BCUT2D eigenvalue weighted by Gasteiger charge is 2.19. The van der Waals surface area contributed by atoms with Crippen LogP contribution in [-0.4, -0.2) is 0 Å². The van der Waals surface area contributed by atoms with E-state index in [1.54, 1.807) is 0 Å². The maximum Gasteiger partial charge on any atom is 0.0470 e. The van der Waals surface area contributed by atoms with Crippen molar-refractivity contribution < 1.29 is 0 Å². The van der Waals surface area contributed by atoms with Crippen LogP contribution in [0.1, 0.15) is 11.1 Å². The molecule has 0 heterocycles. The third-order valence-electron chi connectivity index (χ3n) is 9.08. The highest BCUT2D eigenvalue weighted by Crippen LogP contribution is 2.46. The van der Waals surface area contributed by atoms with Crippen molar-refractivity contribution in [1.29, 1.82) is 0 Å². The van der Waals surface area contributed by atoms with Gasteiger partial charge in [0.15, 0.2) is 0 Å². The summed E-state index contributed by atoms with van der Waals surface area (Å²) in [4.78, 5) is 0. The normalized spacial score (nSPS) is 11.1. The Labute approximate surface area is 282 Å². The summed E-state index contributed by atoms with van der Waals surface area (Å²) in [5.41, 5.74) is 13.9. The topological polar surface area (TPSA) is 24.1 Å². The van der Waals surface area contributed by atoms with Crippen molar-refractivity contribution in [3.63, 3.8) is 0 Å². The number of hydrogen-bond donors (Lipinski definition) is 2. The van der Waals surface area contributed by atoms with Crippen LogP contribution in [0.2, 0.25) is 0 Å². The molecule has 0 aliphatic rings. The maximum atomic E-state index is 3.83. The highest BCUT2D eigenvalue weighted by molar-refractivity contribution is 6.01. The van der Waals surface area contributed by atoms with E-state index in [2.05, 4.69) is 194 Å². The molecule has 0 radical (unpaired) electrons. The molecule has 0 atom stereocenters. The summed E-state index contributed by atoms with van der Waals surface area (Å²) in [5.74, 6) is 0. The van der Waals surface area contributed by atoms with E-state index in [0.717, 1.165) is 22.7 Å². The van der Waals surface area contributed by atoms with Gasteiger partial charge in [-0.25, -0.2) is 0 Å². The molecule has 0 spiro atoms. The lowest BCUT2D eigenvalue weighted by Gasteiger charge is -2.22. The van der Waals surface area contributed by atoms with Crippen molar-refractivity contribution in [1.82, 2.24) is 0 Å². The molecule has 2 heteroatoms. The zero-order valence-electron chi connectivity index (χ0n) is 27.2. The molecular weight excluding hydrogens is 581 g/mol. The standard InChI is InChI=1S/C46H36N2/c1-31-9-7-15-38(27-31)45-43(35-19-21-40(22-20-35)47-41-23-17-33-11-3-5-13-36(33)29-41)25-26-44(46(45)39-16-8-10-32(2)28-39)48-42-24-18-34-12-4-6-14-37(34)30-42/h3-30,47-48H,1-2H3. The Morgan fingerprint density at radius 2 is 0.854 bits per heavy atom. The van der Waals surface area contributed by atoms with Crippen LogP contribution in [0.25, 0.3) is 54.9 Å². The van der Waals surface area contributed by atoms with Crippen molar-refractivity contribution in [3.8, 4) is 33.4 Å². The third kappa shape index (κ3) is 5.92. The summed E-state index contributed by atoms with van der Waals surface area (Å²) in [6, 6.07) is 61.1. The van der Waals surface area contributed by atoms with Crippen molar-refractivity contribution in [2.75, 3.05) is 10.6 Å². The van der Waals surface area contributed by atoms with Crippen LogP contribution in [0.3, 0.4) is 0 Å². The maximum absolute atomic E-state index is 3.83. The van der Waals surface area contributed by atoms with E-state index in [4.69, 9.17) is 0 Å². The van der Waals surface area contributed by atoms with Gasteiger partial charge in [-0.15, -0.1) is 0 Å². The number of hydrogen-bond acceptors (Lipinski definition) is 2. The summed E-state index contributed by atoms with van der Waals surface area (Å²) in [7, 11) is 0. The van der Waals surface area contributed by atoms with Crippen molar-refractivity contribution in [3.05, 3.63) is 181 Å². The monoisotopic (exact) mass is 616 g/mol. The average molecular weight is 617 g/mol. The number of benzene rings is 8. The van der Waals surface area contributed by atoms with Gasteiger partial charge in [0.1, 0.15) is 0 Å². The zero-order valence-corrected chi connectivity index (χ0v) is 27.2. The van der Waals surface area contributed by atoms with E-state index in [1.165, 1.54) is 66.1 Å². The van der Waals surface area contributed by atoms with E-state index in [-0.39, 0.29) is 0 Å². The fourth-order valence-electron chi connectivity index (χ4n) is 6.74. The number of fused-ring (bicyclic) bond motifs is 2. The summed E-state index contributed by atoms with van der Waals surface area (Å²) < 4.78 is 0. The lowest BCUT2D eigenvalue weighted by molar-refractivity contribution is 1.44. The zero-order chi connectivity index (χ0) is 32.5. The molecule has 8 aromatic rings. The minimum absolute atomic E-state index is 1.06. The smallest absolute Gasteiger partial charge is 0.0470 e. The Hall–Kier alpha value is -6.12. The molecule has 2 N–H and O–H groups in total. The first kappa shape index (κ1) is 29.3. The van der Waals surface area contributed by atoms with Crippen LogP contribution in [0.5, 0.6) is 0 Å². The summed E-state index contributed by atoms with van der Waals surface area (Å²) in [5, 5.41) is 12.3. The largest absolute Gasteiger partial charge is 0.356 e. The minimum Gasteiger partial charge on any atom is -0.356 e. The van der Waals surface area contributed by atoms with Crippen LogP contribution in [0.4, 0.5) is 22.7 Å². The van der Waals surface area contributed by atoms with Crippen molar-refractivity contribution in [2.24, 2.45) is 0 Å². The Morgan fingerprint density at radius 1 is 0.333 bits per heavy atom. The van der Waals surface area contributed by atoms with Crippen molar-refractivity contribution in [2.45, 2.75) is 13.8 Å². The Morgan fingerprint density at radius 3 is 1.44 bits per heavy atom. The van der Waals surface area contributed by atoms with Crippen molar-refractivity contribution >= 4 is 44.3 Å². The predicted molar refractivity (Wildman–Crippen MR) is 207 cm³/mol. The van der Waals surface area contributed by atoms with Crippen LogP contribution >= 0.6 is 0 Å². The van der Waals surface area contributed by atoms with Gasteiger partial charge in [0, 0.05) is 28.3 Å². The van der Waals surface area contributed by atoms with Gasteiger partial charge in [-0.1, -0.05) is 139 Å². The highest BCUT2D eigenvalue weighted by atomic mass is 14.9. The first-order chi connectivity index (χ1) is 23.6. The van der Waals surface area contributed by atoms with Crippen LogP contribution in [-0.2, 0) is 0 Å². The van der Waals surface area contributed by atoms with E-state index in [0.29, 0.717) is 0 Å². The molecule has 230 valence electrons. The lowest BCUT2D eigenvalue weighted by Crippen LogP contribution is -1.99. The van der Waals surface area contributed by atoms with Gasteiger partial charge >= 0.3 is 0 Å². The summed E-state index contributed by atoms with van der Waals surface area (Å²) >= 11 is 0. The molecule has 0 saturated heterocycles. The first-order valence-electron chi connectivity index (χ1n) is 16.5. The van der Waals surface area contributed by atoms with E-state index in [1.807, 2.05) is 0 Å². The van der Waals surface area contributed by atoms with Crippen LogP contribution < -0.4 is 10.6 Å². The predicted octanol–water partition coefficient (Wildman–Crippen LogP) is 13.1. The number of rotatable bonds is 7. The second-order valence-corrected chi connectivity index (χ2v) is 12.6. The molecule has 0 aliphatic carbocycles. The van der Waals surface area contributed by atoms with E-state index in [9.17, 15) is 0 Å². The van der Waals surface area contributed by atoms with Gasteiger partial charge in [0.2, 0.25) is 0 Å². The minimum atomic E-state index is 1.06. The van der Waals surface area contributed by atoms with Crippen LogP contribution in [0.15, 0.2) is 170 Å². The summed E-state index contributed by atoms with van der Waals surface area (Å²) in [6.45, 7) is 4.33. The molecular formula is C46H36N2. The molecule has 0 aromatic heterocycles. The molecule has 0 saturated carbocycles. The molecule has 0 amide bonds. The third-order valence-corrected chi connectivity index (χ3v) is 9.08. The Balaban J connectivity index is 1.26. The van der Waals surface area contributed by atoms with Gasteiger partial charge in [0.05, 0.1) is 0 Å². The number of aryl methyl sites for hydroxylation is 2. The van der Waals surface area contributed by atoms with E-state index >= 15 is 0 Å². The quantitative estimate of drug-likeness (QED) is 0.186. The number of nitrogens with one attached hydrogen (secondary N) is 2. The summed E-state index contributed by atoms with van der Waals surface area (Å²) in [6.07, 6.45) is 0.